The molecule has 2 aromatic carbocycles. The van der Waals surface area contributed by atoms with Crippen molar-refractivity contribution < 1.29 is 28.0 Å². The van der Waals surface area contributed by atoms with E-state index in [0.717, 1.165) is 17.7 Å². The number of ether oxygens (including phenoxy) is 2. The lowest BCUT2D eigenvalue weighted by Crippen LogP contribution is -2.34. The van der Waals surface area contributed by atoms with Crippen LogP contribution in [0.1, 0.15) is 54.4 Å². The van der Waals surface area contributed by atoms with Crippen molar-refractivity contribution in [3.8, 4) is 11.5 Å². The van der Waals surface area contributed by atoms with E-state index < -0.39 is 55.9 Å². The van der Waals surface area contributed by atoms with Gasteiger partial charge < -0.3 is 9.47 Å². The smallest absolute Gasteiger partial charge is 0.166 e. The molecule has 1 aliphatic carbocycles. The van der Waals surface area contributed by atoms with Gasteiger partial charge in [-0.05, 0) is 67.9 Å². The van der Waals surface area contributed by atoms with Crippen LogP contribution in [0.4, 0.5) is 0 Å². The van der Waals surface area contributed by atoms with Crippen molar-refractivity contribution >= 4 is 5.78 Å². The highest BCUT2D eigenvalue weighted by Crippen LogP contribution is 2.39. The Morgan fingerprint density at radius 1 is 1.14 bits per heavy atom. The van der Waals surface area contributed by atoms with Gasteiger partial charge >= 0.3 is 0 Å². The fourth-order valence-corrected chi connectivity index (χ4v) is 3.87. The molecule has 0 saturated carbocycles. The van der Waals surface area contributed by atoms with Gasteiger partial charge in [-0.2, -0.15) is 0 Å². The number of fused-ring (bicyclic) bond motifs is 1. The first-order valence-corrected chi connectivity index (χ1v) is 9.36. The van der Waals surface area contributed by atoms with Gasteiger partial charge in [0.05, 0.1) is 22.3 Å². The molecule has 0 spiro atoms. The molecule has 0 N–H and O–H groups in total. The van der Waals surface area contributed by atoms with E-state index in [-0.39, 0.29) is 11.1 Å². The Morgan fingerprint density at radius 2 is 1.86 bits per heavy atom. The number of methoxy groups -OCH3 is 2. The summed E-state index contributed by atoms with van der Waals surface area (Å²) in [6.07, 6.45) is -3.87. The number of hydrogen-bond acceptors (Lipinski definition) is 4. The molecule has 1 heterocycles. The summed E-state index contributed by atoms with van der Waals surface area (Å²) in [7, 11) is -6.00. The molecule has 148 valence electrons. The zero-order chi connectivity index (χ0) is 28.1. The molecule has 1 saturated heterocycles. The predicted molar refractivity (Wildman–Crippen MR) is 110 cm³/mol. The van der Waals surface area contributed by atoms with Crippen molar-refractivity contribution in [1.82, 2.24) is 4.90 Å². The van der Waals surface area contributed by atoms with Gasteiger partial charge in [0.15, 0.2) is 17.3 Å². The van der Waals surface area contributed by atoms with E-state index in [1.807, 2.05) is 30.3 Å². The van der Waals surface area contributed by atoms with Crippen LogP contribution in [0.5, 0.6) is 11.5 Å². The molecule has 1 fully saturated rings. The number of piperidine rings is 1. The number of hydrogen-bond donors (Lipinski definition) is 0. The largest absolute Gasteiger partial charge is 0.493 e. The highest BCUT2D eigenvalue weighted by molar-refractivity contribution is 6.02. The third kappa shape index (κ3) is 3.93. The zero-order valence-corrected chi connectivity index (χ0v) is 15.4. The number of carbonyl (C=O) groups excluding carboxylic acids is 1. The molecule has 1 atom stereocenters. The Hall–Kier alpha value is -2.33. The summed E-state index contributed by atoms with van der Waals surface area (Å²) in [5, 5.41) is 0. The second kappa shape index (κ2) is 8.36. The summed E-state index contributed by atoms with van der Waals surface area (Å²) in [5.74, 6) is -4.24. The summed E-state index contributed by atoms with van der Waals surface area (Å²) >= 11 is 0. The lowest BCUT2D eigenvalue weighted by molar-refractivity contribution is 0.0895. The Labute approximate surface area is 181 Å². The van der Waals surface area contributed by atoms with Gasteiger partial charge in [-0.1, -0.05) is 30.3 Å². The summed E-state index contributed by atoms with van der Waals surface area (Å²) in [6, 6.07) is 11.8. The van der Waals surface area contributed by atoms with Crippen molar-refractivity contribution in [2.24, 2.45) is 11.8 Å². The Kier molecular flexibility index (Phi) is 3.12. The number of rotatable bonds is 6. The molecule has 0 radical (unpaired) electrons. The lowest BCUT2D eigenvalue weighted by atomic mass is 9.85. The quantitative estimate of drug-likeness (QED) is 0.736. The van der Waals surface area contributed by atoms with E-state index in [1.165, 1.54) is 0 Å². The molecule has 1 aliphatic heterocycles. The molecule has 28 heavy (non-hydrogen) atoms. The fourth-order valence-electron chi connectivity index (χ4n) is 3.87. The van der Waals surface area contributed by atoms with Crippen LogP contribution >= 0.6 is 0 Å². The topological polar surface area (TPSA) is 38.8 Å². The van der Waals surface area contributed by atoms with Gasteiger partial charge in [0, 0.05) is 23.5 Å². The molecule has 4 heteroatoms. The molecule has 4 nitrogen and oxygen atoms in total. The van der Waals surface area contributed by atoms with Crippen LogP contribution in [0.25, 0.3) is 0 Å². The van der Waals surface area contributed by atoms with Crippen LogP contribution in [-0.4, -0.2) is 37.8 Å². The molecule has 2 aromatic rings. The minimum Gasteiger partial charge on any atom is -0.493 e. The minimum absolute atomic E-state index is 0.248. The zero-order valence-electron chi connectivity index (χ0n) is 25.4. The van der Waals surface area contributed by atoms with Crippen molar-refractivity contribution in [3.63, 3.8) is 0 Å². The Bertz CT molecular complexity index is 1170. The number of Topliss-reactive ketones (excluding diaryl/α,β-unsaturated/α-hetero) is 1. The maximum absolute atomic E-state index is 13.5. The maximum Gasteiger partial charge on any atom is 0.166 e. The molecule has 1 unspecified atom stereocenters. The Balaban J connectivity index is 1.60. The standard InChI is InChI=1S/C24H29NO3/c1-27-22-14-19-13-20(24(26)21(19)15-23(22)28-2)12-17-8-10-25(11-9-17)16-18-6-4-3-5-7-18/h3-7,14-15,17,20H,8-13,16H2,1-2H3/i1D3,2D3,12D2,13D2. The van der Waals surface area contributed by atoms with Crippen molar-refractivity contribution in [2.75, 3.05) is 27.2 Å². The van der Waals surface area contributed by atoms with Crippen LogP contribution in [-0.2, 0) is 12.9 Å². The normalized spacial score (nSPS) is 28.7. The van der Waals surface area contributed by atoms with Gasteiger partial charge in [0.25, 0.3) is 0 Å². The summed E-state index contributed by atoms with van der Waals surface area (Å²) in [5.41, 5.74) is 0.634. The van der Waals surface area contributed by atoms with Gasteiger partial charge in [0.2, 0.25) is 0 Å². The van der Waals surface area contributed by atoms with E-state index >= 15 is 0 Å². The molecular weight excluding hydrogens is 350 g/mol. The highest BCUT2D eigenvalue weighted by Gasteiger charge is 2.34. The van der Waals surface area contributed by atoms with E-state index in [2.05, 4.69) is 4.90 Å². The van der Waals surface area contributed by atoms with Crippen LogP contribution in [0, 0.1) is 11.8 Å². The SMILES string of the molecule is [2H]C([2H])([2H])Oc1cc2c(cc1OC([2H])([2H])[2H])C([2H])([2H])C(C([2H])([2H])C1CCN(Cc3ccccc3)CC1)C2=O. The Morgan fingerprint density at radius 3 is 2.57 bits per heavy atom. The molecule has 0 aromatic heterocycles. The van der Waals surface area contributed by atoms with Crippen LogP contribution in [0.2, 0.25) is 0 Å². The third-order valence-electron chi connectivity index (χ3n) is 5.37. The van der Waals surface area contributed by atoms with Crippen LogP contribution in [0.15, 0.2) is 42.5 Å². The molecule has 0 amide bonds. The molecule has 0 bridgehead atoms. The average molecular weight is 390 g/mol. The van der Waals surface area contributed by atoms with Crippen molar-refractivity contribution in [3.05, 3.63) is 59.2 Å². The number of likely N-dealkylation sites (tertiary alicyclic amines) is 1. The highest BCUT2D eigenvalue weighted by atomic mass is 16.5. The van der Waals surface area contributed by atoms with Gasteiger partial charge in [-0.25, -0.2) is 0 Å². The number of nitrogens with zero attached hydrogens (tertiary/aromatic N) is 1. The first-order valence-electron chi connectivity index (χ1n) is 14.4. The number of carbonyl (C=O) groups is 1. The minimum atomic E-state index is -3.00. The number of ketones is 1. The summed E-state index contributed by atoms with van der Waals surface area (Å²) in [6.45, 7) is 1.88. The molecule has 2 aliphatic rings. The third-order valence-corrected chi connectivity index (χ3v) is 5.37. The van der Waals surface area contributed by atoms with Crippen LogP contribution < -0.4 is 9.47 Å². The van der Waals surface area contributed by atoms with Gasteiger partial charge in [-0.3, -0.25) is 9.69 Å². The van der Waals surface area contributed by atoms with Crippen molar-refractivity contribution in [2.45, 2.75) is 32.1 Å². The molecular formula is C24H29NO3. The van der Waals surface area contributed by atoms with Crippen molar-refractivity contribution in [1.29, 1.82) is 0 Å². The monoisotopic (exact) mass is 389 g/mol. The maximum atomic E-state index is 13.5. The van der Waals surface area contributed by atoms with Gasteiger partial charge in [0.1, 0.15) is 0 Å². The first-order chi connectivity index (χ1) is 17.5. The summed E-state index contributed by atoms with van der Waals surface area (Å²) < 4.78 is 89.3. The second-order valence-electron chi connectivity index (χ2n) is 7.19. The first kappa shape index (κ1) is 10.4. The van der Waals surface area contributed by atoms with E-state index in [9.17, 15) is 4.79 Å². The van der Waals surface area contributed by atoms with Gasteiger partial charge in [-0.15, -0.1) is 0 Å². The van der Waals surface area contributed by atoms with E-state index in [4.69, 9.17) is 23.2 Å². The fraction of sp³-hybridized carbons (Fsp3) is 0.458. The lowest BCUT2D eigenvalue weighted by Gasteiger charge is -2.32. The second-order valence-corrected chi connectivity index (χ2v) is 7.19. The van der Waals surface area contributed by atoms with Crippen LogP contribution in [0.3, 0.4) is 0 Å². The van der Waals surface area contributed by atoms with E-state index in [1.54, 1.807) is 0 Å². The molecule has 4 rings (SSSR count). The van der Waals surface area contributed by atoms with E-state index in [0.29, 0.717) is 32.5 Å². The predicted octanol–water partition coefficient (Wildman–Crippen LogP) is 4.36. The summed E-state index contributed by atoms with van der Waals surface area (Å²) in [4.78, 5) is 15.7. The average Bonchev–Trinajstić information content (AvgIpc) is 2.98. The number of benzene rings is 2.